The smallest absolute Gasteiger partial charge is 0.341 e. The van der Waals surface area contributed by atoms with Gasteiger partial charge in [0.15, 0.2) is 0 Å². The van der Waals surface area contributed by atoms with Gasteiger partial charge in [-0.25, -0.2) is 4.79 Å². The summed E-state index contributed by atoms with van der Waals surface area (Å²) < 4.78 is 4.63. The van der Waals surface area contributed by atoms with Crippen molar-refractivity contribution >= 4 is 5.97 Å². The van der Waals surface area contributed by atoms with Gasteiger partial charge in [0.2, 0.25) is 0 Å². The normalized spacial score (nSPS) is 13.2. The van der Waals surface area contributed by atoms with Gasteiger partial charge in [-0.1, -0.05) is 36.4 Å². The van der Waals surface area contributed by atoms with Crippen LogP contribution in [0.5, 0.6) is 5.75 Å². The highest BCUT2D eigenvalue weighted by molar-refractivity contribution is 5.92. The van der Waals surface area contributed by atoms with Gasteiger partial charge in [-0.15, -0.1) is 0 Å². The first-order valence-electron chi connectivity index (χ1n) is 8.38. The number of aromatic hydroxyl groups is 1. The van der Waals surface area contributed by atoms with Crippen molar-refractivity contribution in [3.63, 3.8) is 0 Å². The molecule has 2 atom stereocenters. The minimum atomic E-state index is -0.775. The number of carbonyl (C=O) groups is 1. The first-order valence-corrected chi connectivity index (χ1v) is 8.38. The Balaban J connectivity index is 1.87. The Morgan fingerprint density at radius 2 is 1.92 bits per heavy atom. The van der Waals surface area contributed by atoms with Crippen molar-refractivity contribution < 1.29 is 19.7 Å². The maximum absolute atomic E-state index is 11.6. The van der Waals surface area contributed by atoms with Crippen LogP contribution in [0.1, 0.15) is 40.9 Å². The Hall–Kier alpha value is -2.37. The van der Waals surface area contributed by atoms with E-state index in [-0.39, 0.29) is 17.4 Å². The van der Waals surface area contributed by atoms with Crippen molar-refractivity contribution in [3.8, 4) is 5.75 Å². The molecule has 2 unspecified atom stereocenters. The van der Waals surface area contributed by atoms with Gasteiger partial charge in [0.1, 0.15) is 11.3 Å². The van der Waals surface area contributed by atoms with Crippen molar-refractivity contribution in [1.29, 1.82) is 0 Å². The zero-order valence-electron chi connectivity index (χ0n) is 14.6. The monoisotopic (exact) mass is 343 g/mol. The maximum atomic E-state index is 11.6. The summed E-state index contributed by atoms with van der Waals surface area (Å²) in [6.07, 6.45) is 1.15. The standard InChI is InChI=1S/C20H25NO4/c1-14(8-9-15-6-4-3-5-7-15)21-13-19(23)16-10-11-18(22)17(12-16)20(24)25-2/h3-7,10-12,14,19,21-23H,8-9,13H2,1-2H3. The molecular formula is C20H25NO4. The Bertz CT molecular complexity index is 687. The van der Waals surface area contributed by atoms with E-state index in [1.54, 1.807) is 6.07 Å². The molecule has 25 heavy (non-hydrogen) atoms. The number of benzene rings is 2. The number of methoxy groups -OCH3 is 1. The number of aryl methyl sites for hydroxylation is 1. The third kappa shape index (κ3) is 5.59. The molecule has 0 radical (unpaired) electrons. The fourth-order valence-corrected chi connectivity index (χ4v) is 2.59. The number of hydrogen-bond donors (Lipinski definition) is 3. The molecule has 0 heterocycles. The van der Waals surface area contributed by atoms with E-state index in [1.165, 1.54) is 24.8 Å². The van der Waals surface area contributed by atoms with Crippen LogP contribution < -0.4 is 5.32 Å². The number of phenolic OH excluding ortho intramolecular Hbond substituents is 1. The van der Waals surface area contributed by atoms with Crippen LogP contribution in [0.2, 0.25) is 0 Å². The number of esters is 1. The van der Waals surface area contributed by atoms with Crippen molar-refractivity contribution in [2.75, 3.05) is 13.7 Å². The first kappa shape index (κ1) is 19.0. The quantitative estimate of drug-likeness (QED) is 0.643. The number of ether oxygens (including phenoxy) is 1. The van der Waals surface area contributed by atoms with Crippen molar-refractivity contribution in [2.24, 2.45) is 0 Å². The number of aliphatic hydroxyl groups excluding tert-OH is 1. The topological polar surface area (TPSA) is 78.8 Å². The van der Waals surface area contributed by atoms with Crippen LogP contribution in [-0.2, 0) is 11.2 Å². The molecule has 0 bridgehead atoms. The molecule has 0 aliphatic heterocycles. The summed E-state index contributed by atoms with van der Waals surface area (Å²) in [4.78, 5) is 11.6. The minimum absolute atomic E-state index is 0.0520. The van der Waals surface area contributed by atoms with E-state index in [4.69, 9.17) is 0 Å². The van der Waals surface area contributed by atoms with Gasteiger partial charge >= 0.3 is 5.97 Å². The van der Waals surface area contributed by atoms with Crippen molar-refractivity contribution in [2.45, 2.75) is 31.9 Å². The zero-order valence-corrected chi connectivity index (χ0v) is 14.6. The molecule has 0 saturated carbocycles. The van der Waals surface area contributed by atoms with Crippen LogP contribution in [-0.4, -0.2) is 35.9 Å². The molecule has 0 aliphatic rings. The summed E-state index contributed by atoms with van der Waals surface area (Å²) in [7, 11) is 1.25. The highest BCUT2D eigenvalue weighted by Crippen LogP contribution is 2.23. The number of hydrogen-bond acceptors (Lipinski definition) is 5. The van der Waals surface area contributed by atoms with E-state index in [0.717, 1.165) is 12.8 Å². The molecule has 0 spiro atoms. The van der Waals surface area contributed by atoms with Crippen LogP contribution >= 0.6 is 0 Å². The second-order valence-corrected chi connectivity index (χ2v) is 6.12. The lowest BCUT2D eigenvalue weighted by Gasteiger charge is -2.18. The fraction of sp³-hybridized carbons (Fsp3) is 0.350. The molecule has 134 valence electrons. The van der Waals surface area contributed by atoms with E-state index in [0.29, 0.717) is 12.1 Å². The Morgan fingerprint density at radius 3 is 2.60 bits per heavy atom. The molecular weight excluding hydrogens is 318 g/mol. The lowest BCUT2D eigenvalue weighted by Crippen LogP contribution is -2.30. The molecule has 0 fully saturated rings. The molecule has 0 amide bonds. The Labute approximate surface area is 148 Å². The summed E-state index contributed by atoms with van der Waals surface area (Å²) in [5.74, 6) is -0.789. The number of phenols is 1. The van der Waals surface area contributed by atoms with Crippen LogP contribution in [0, 0.1) is 0 Å². The maximum Gasteiger partial charge on any atom is 0.341 e. The van der Waals surface area contributed by atoms with Crippen molar-refractivity contribution in [3.05, 3.63) is 65.2 Å². The summed E-state index contributed by atoms with van der Waals surface area (Å²) in [6.45, 7) is 2.44. The van der Waals surface area contributed by atoms with Gasteiger partial charge in [0.25, 0.3) is 0 Å². The number of carbonyl (C=O) groups excluding carboxylic acids is 1. The van der Waals surface area contributed by atoms with Gasteiger partial charge in [0, 0.05) is 12.6 Å². The van der Waals surface area contributed by atoms with Gasteiger partial charge in [0.05, 0.1) is 13.2 Å². The Kier molecular flexibility index (Phi) is 6.98. The Morgan fingerprint density at radius 1 is 1.20 bits per heavy atom. The predicted octanol–water partition coefficient (Wildman–Crippen LogP) is 2.82. The second kappa shape index (κ2) is 9.20. The molecule has 3 N–H and O–H groups in total. The number of nitrogens with one attached hydrogen (secondary N) is 1. The number of aliphatic hydroxyl groups is 1. The predicted molar refractivity (Wildman–Crippen MR) is 96.6 cm³/mol. The lowest BCUT2D eigenvalue weighted by molar-refractivity contribution is 0.0597. The fourth-order valence-electron chi connectivity index (χ4n) is 2.59. The van der Waals surface area contributed by atoms with E-state index in [9.17, 15) is 15.0 Å². The zero-order chi connectivity index (χ0) is 18.2. The summed E-state index contributed by atoms with van der Waals surface area (Å²) in [5, 5.41) is 23.3. The van der Waals surface area contributed by atoms with Crippen LogP contribution in [0.4, 0.5) is 0 Å². The minimum Gasteiger partial charge on any atom is -0.507 e. The molecule has 5 heteroatoms. The van der Waals surface area contributed by atoms with Crippen LogP contribution in [0.3, 0.4) is 0 Å². The summed E-state index contributed by atoms with van der Waals surface area (Å²) >= 11 is 0. The SMILES string of the molecule is COC(=O)c1cc(C(O)CNC(C)CCc2ccccc2)ccc1O. The number of rotatable bonds is 8. The second-order valence-electron chi connectivity index (χ2n) is 6.12. The molecule has 0 saturated heterocycles. The average molecular weight is 343 g/mol. The van der Waals surface area contributed by atoms with Gasteiger partial charge in [-0.2, -0.15) is 0 Å². The molecule has 0 aromatic heterocycles. The highest BCUT2D eigenvalue weighted by atomic mass is 16.5. The van der Waals surface area contributed by atoms with Crippen molar-refractivity contribution in [1.82, 2.24) is 5.32 Å². The highest BCUT2D eigenvalue weighted by Gasteiger charge is 2.16. The molecule has 5 nitrogen and oxygen atoms in total. The van der Waals surface area contributed by atoms with Gasteiger partial charge < -0.3 is 20.3 Å². The average Bonchev–Trinajstić information content (AvgIpc) is 2.65. The third-order valence-corrected chi connectivity index (χ3v) is 4.18. The van der Waals surface area contributed by atoms with E-state index >= 15 is 0 Å². The summed E-state index contributed by atoms with van der Waals surface area (Å²) in [5.41, 5.74) is 1.90. The van der Waals surface area contributed by atoms with Crippen LogP contribution in [0.15, 0.2) is 48.5 Å². The first-order chi connectivity index (χ1) is 12.0. The van der Waals surface area contributed by atoms with Gasteiger partial charge in [-0.05, 0) is 43.0 Å². The molecule has 2 aromatic rings. The molecule has 2 rings (SSSR count). The van der Waals surface area contributed by atoms with Crippen LogP contribution in [0.25, 0.3) is 0 Å². The van der Waals surface area contributed by atoms with E-state index in [2.05, 4.69) is 29.1 Å². The largest absolute Gasteiger partial charge is 0.507 e. The van der Waals surface area contributed by atoms with E-state index < -0.39 is 12.1 Å². The summed E-state index contributed by atoms with van der Waals surface area (Å²) in [6, 6.07) is 15.0. The third-order valence-electron chi connectivity index (χ3n) is 4.18. The van der Waals surface area contributed by atoms with E-state index in [1.807, 2.05) is 18.2 Å². The molecule has 0 aliphatic carbocycles. The van der Waals surface area contributed by atoms with Gasteiger partial charge in [-0.3, -0.25) is 0 Å². The lowest BCUT2D eigenvalue weighted by atomic mass is 10.0. The molecule has 2 aromatic carbocycles.